The second-order valence-corrected chi connectivity index (χ2v) is 7.57. The highest BCUT2D eigenvalue weighted by atomic mass is 32.2. The van der Waals surface area contributed by atoms with Gasteiger partial charge in [-0.2, -0.15) is 0 Å². The van der Waals surface area contributed by atoms with Gasteiger partial charge in [0.05, 0.1) is 18.1 Å². The molecule has 2 rings (SSSR count). The Morgan fingerprint density at radius 2 is 2.05 bits per heavy atom. The standard InChI is InChI=1S/C15H21NO4S/c17-15(11-13-7-10-21(18,19)12-13)16-8-4-9-20-14-5-2-1-3-6-14/h1-3,5-6,13H,4,7-12H2,(H,16,17). The third-order valence-electron chi connectivity index (χ3n) is 3.46. The van der Waals surface area contributed by atoms with Gasteiger partial charge in [-0.1, -0.05) is 18.2 Å². The van der Waals surface area contributed by atoms with Gasteiger partial charge in [-0.25, -0.2) is 8.42 Å². The van der Waals surface area contributed by atoms with Gasteiger partial charge in [0.2, 0.25) is 5.91 Å². The lowest BCUT2D eigenvalue weighted by atomic mass is 10.1. The summed E-state index contributed by atoms with van der Waals surface area (Å²) in [5.74, 6) is 1.10. The molecule has 1 aliphatic rings. The van der Waals surface area contributed by atoms with Crippen molar-refractivity contribution < 1.29 is 17.9 Å². The first kappa shape index (κ1) is 15.8. The smallest absolute Gasteiger partial charge is 0.220 e. The number of hydrogen-bond acceptors (Lipinski definition) is 4. The fourth-order valence-electron chi connectivity index (χ4n) is 2.37. The first-order valence-corrected chi connectivity index (χ1v) is 9.02. The predicted octanol–water partition coefficient (Wildman–Crippen LogP) is 1.40. The molecule has 1 aromatic rings. The van der Waals surface area contributed by atoms with Gasteiger partial charge < -0.3 is 10.1 Å². The van der Waals surface area contributed by atoms with E-state index >= 15 is 0 Å². The van der Waals surface area contributed by atoms with Crippen molar-refractivity contribution in [3.05, 3.63) is 30.3 Å². The lowest BCUT2D eigenvalue weighted by molar-refractivity contribution is -0.121. The molecule has 21 heavy (non-hydrogen) atoms. The van der Waals surface area contributed by atoms with Gasteiger partial charge in [-0.15, -0.1) is 0 Å². The quantitative estimate of drug-likeness (QED) is 0.773. The average Bonchev–Trinajstić information content (AvgIpc) is 2.78. The number of para-hydroxylation sites is 1. The second-order valence-electron chi connectivity index (χ2n) is 5.34. The molecule has 0 radical (unpaired) electrons. The molecule has 1 heterocycles. The highest BCUT2D eigenvalue weighted by molar-refractivity contribution is 7.91. The lowest BCUT2D eigenvalue weighted by Gasteiger charge is -2.09. The van der Waals surface area contributed by atoms with Crippen molar-refractivity contribution in [3.63, 3.8) is 0 Å². The van der Waals surface area contributed by atoms with E-state index in [9.17, 15) is 13.2 Å². The zero-order valence-electron chi connectivity index (χ0n) is 12.0. The maximum Gasteiger partial charge on any atom is 0.220 e. The van der Waals surface area contributed by atoms with E-state index in [0.717, 1.165) is 12.2 Å². The summed E-state index contributed by atoms with van der Waals surface area (Å²) in [4.78, 5) is 11.7. The van der Waals surface area contributed by atoms with Gasteiger partial charge in [-0.05, 0) is 30.9 Å². The maximum atomic E-state index is 11.7. The van der Waals surface area contributed by atoms with Crippen LogP contribution >= 0.6 is 0 Å². The number of ether oxygens (including phenoxy) is 1. The van der Waals surface area contributed by atoms with Crippen LogP contribution < -0.4 is 10.1 Å². The van der Waals surface area contributed by atoms with Crippen LogP contribution in [0.1, 0.15) is 19.3 Å². The second kappa shape index (κ2) is 7.45. The van der Waals surface area contributed by atoms with E-state index in [1.165, 1.54) is 0 Å². The molecule has 0 aliphatic carbocycles. The van der Waals surface area contributed by atoms with Gasteiger partial charge in [0, 0.05) is 13.0 Å². The van der Waals surface area contributed by atoms with Crippen molar-refractivity contribution >= 4 is 15.7 Å². The monoisotopic (exact) mass is 311 g/mol. The molecule has 1 amide bonds. The van der Waals surface area contributed by atoms with Crippen molar-refractivity contribution in [1.82, 2.24) is 5.32 Å². The minimum atomic E-state index is -2.90. The topological polar surface area (TPSA) is 72.5 Å². The van der Waals surface area contributed by atoms with Crippen LogP contribution in [0.2, 0.25) is 0 Å². The summed E-state index contributed by atoms with van der Waals surface area (Å²) in [5.41, 5.74) is 0. The molecule has 1 unspecified atom stereocenters. The number of carbonyl (C=O) groups excluding carboxylic acids is 1. The SMILES string of the molecule is O=C(CC1CCS(=O)(=O)C1)NCCCOc1ccccc1. The molecule has 1 fully saturated rings. The summed E-state index contributed by atoms with van der Waals surface area (Å²) in [6.07, 6.45) is 1.63. The molecule has 1 N–H and O–H groups in total. The Morgan fingerprint density at radius 3 is 2.71 bits per heavy atom. The zero-order chi connectivity index (χ0) is 15.1. The van der Waals surface area contributed by atoms with Gasteiger partial charge in [0.25, 0.3) is 0 Å². The third-order valence-corrected chi connectivity index (χ3v) is 5.29. The number of hydrogen-bond donors (Lipinski definition) is 1. The number of benzene rings is 1. The molecule has 1 aliphatic heterocycles. The van der Waals surface area contributed by atoms with E-state index in [2.05, 4.69) is 5.32 Å². The summed E-state index contributed by atoms with van der Waals surface area (Å²) in [7, 11) is -2.90. The molecule has 0 bridgehead atoms. The molecule has 1 aromatic carbocycles. The van der Waals surface area contributed by atoms with Crippen LogP contribution in [0.4, 0.5) is 0 Å². The van der Waals surface area contributed by atoms with Crippen LogP contribution in [-0.4, -0.2) is 39.0 Å². The van der Waals surface area contributed by atoms with Gasteiger partial charge in [0.15, 0.2) is 9.84 Å². The van der Waals surface area contributed by atoms with Crippen LogP contribution in [-0.2, 0) is 14.6 Å². The Morgan fingerprint density at radius 1 is 1.29 bits per heavy atom. The first-order chi connectivity index (χ1) is 10.1. The van der Waals surface area contributed by atoms with Crippen LogP contribution in [0.3, 0.4) is 0 Å². The number of carbonyl (C=O) groups is 1. The van der Waals surface area contributed by atoms with Crippen molar-refractivity contribution in [2.24, 2.45) is 5.92 Å². The Hall–Kier alpha value is -1.56. The van der Waals surface area contributed by atoms with Gasteiger partial charge in [0.1, 0.15) is 5.75 Å². The van der Waals surface area contributed by atoms with Crippen LogP contribution in [0.15, 0.2) is 30.3 Å². The van der Waals surface area contributed by atoms with E-state index in [1.54, 1.807) is 0 Å². The van der Waals surface area contributed by atoms with E-state index < -0.39 is 9.84 Å². The van der Waals surface area contributed by atoms with E-state index in [1.807, 2.05) is 30.3 Å². The summed E-state index contributed by atoms with van der Waals surface area (Å²) >= 11 is 0. The molecular formula is C15H21NO4S. The first-order valence-electron chi connectivity index (χ1n) is 7.20. The summed E-state index contributed by atoms with van der Waals surface area (Å²) in [6.45, 7) is 1.09. The fraction of sp³-hybridized carbons (Fsp3) is 0.533. The third kappa shape index (κ3) is 5.75. The van der Waals surface area contributed by atoms with Gasteiger partial charge >= 0.3 is 0 Å². The van der Waals surface area contributed by atoms with Crippen LogP contribution in [0.25, 0.3) is 0 Å². The molecule has 5 nitrogen and oxygen atoms in total. The highest BCUT2D eigenvalue weighted by Gasteiger charge is 2.29. The number of nitrogens with one attached hydrogen (secondary N) is 1. The minimum absolute atomic E-state index is 0.0180. The number of sulfone groups is 1. The van der Waals surface area contributed by atoms with Crippen molar-refractivity contribution in [2.75, 3.05) is 24.7 Å². The molecule has 0 aromatic heterocycles. The average molecular weight is 311 g/mol. The Balaban J connectivity index is 1.55. The predicted molar refractivity (Wildman–Crippen MR) is 80.9 cm³/mol. The van der Waals surface area contributed by atoms with Crippen LogP contribution in [0, 0.1) is 5.92 Å². The summed E-state index contributed by atoms with van der Waals surface area (Å²) in [6, 6.07) is 9.52. The molecule has 0 saturated carbocycles. The molecular weight excluding hydrogens is 290 g/mol. The minimum Gasteiger partial charge on any atom is -0.494 e. The molecule has 1 saturated heterocycles. The Bertz CT molecular complexity index is 556. The largest absolute Gasteiger partial charge is 0.494 e. The van der Waals surface area contributed by atoms with E-state index in [4.69, 9.17) is 4.74 Å². The molecule has 116 valence electrons. The highest BCUT2D eigenvalue weighted by Crippen LogP contribution is 2.21. The lowest BCUT2D eigenvalue weighted by Crippen LogP contribution is -2.27. The molecule has 6 heteroatoms. The Kier molecular flexibility index (Phi) is 5.61. The fourth-order valence-corrected chi connectivity index (χ4v) is 4.24. The molecule has 1 atom stereocenters. The maximum absolute atomic E-state index is 11.7. The summed E-state index contributed by atoms with van der Waals surface area (Å²) < 4.78 is 28.1. The number of rotatable bonds is 7. The van der Waals surface area contributed by atoms with Gasteiger partial charge in [-0.3, -0.25) is 4.79 Å². The molecule has 0 spiro atoms. The number of amides is 1. The van der Waals surface area contributed by atoms with Crippen LogP contribution in [0.5, 0.6) is 5.75 Å². The van der Waals surface area contributed by atoms with E-state index in [-0.39, 0.29) is 23.3 Å². The van der Waals surface area contributed by atoms with Crippen molar-refractivity contribution in [3.8, 4) is 5.75 Å². The van der Waals surface area contributed by atoms with Crippen molar-refractivity contribution in [2.45, 2.75) is 19.3 Å². The van der Waals surface area contributed by atoms with Crippen molar-refractivity contribution in [1.29, 1.82) is 0 Å². The normalized spacial score (nSPS) is 20.1. The summed E-state index contributed by atoms with van der Waals surface area (Å²) in [5, 5.41) is 2.81. The zero-order valence-corrected chi connectivity index (χ0v) is 12.8. The van der Waals surface area contributed by atoms with E-state index in [0.29, 0.717) is 26.0 Å². The Labute approximate surface area is 125 Å².